The van der Waals surface area contributed by atoms with Crippen molar-refractivity contribution in [2.45, 2.75) is 12.5 Å². The van der Waals surface area contributed by atoms with Gasteiger partial charge in [-0.05, 0) is 20.0 Å². The van der Waals surface area contributed by atoms with Gasteiger partial charge in [0.25, 0.3) is 0 Å². The average molecular weight is 214 g/mol. The van der Waals surface area contributed by atoms with E-state index in [1.54, 1.807) is 0 Å². The van der Waals surface area contributed by atoms with Gasteiger partial charge in [-0.3, -0.25) is 4.79 Å². The molecular formula is C10H12F2N2O. The summed E-state index contributed by atoms with van der Waals surface area (Å²) in [6.07, 6.45) is 0. The van der Waals surface area contributed by atoms with Crippen LogP contribution in [0.5, 0.6) is 0 Å². The Morgan fingerprint density at radius 1 is 1.47 bits per heavy atom. The fraction of sp³-hybridized carbons (Fsp3) is 0.300. The number of benzene rings is 1. The lowest BCUT2D eigenvalue weighted by atomic mass is 9.91. The number of halogens is 2. The number of amides is 1. The number of primary amides is 1. The minimum Gasteiger partial charge on any atom is -0.368 e. The van der Waals surface area contributed by atoms with E-state index in [1.165, 1.54) is 20.0 Å². The van der Waals surface area contributed by atoms with Crippen molar-refractivity contribution in [1.29, 1.82) is 0 Å². The van der Waals surface area contributed by atoms with Gasteiger partial charge in [0, 0.05) is 11.6 Å². The highest BCUT2D eigenvalue weighted by Crippen LogP contribution is 2.23. The predicted molar refractivity (Wildman–Crippen MR) is 52.0 cm³/mol. The molecule has 15 heavy (non-hydrogen) atoms. The molecule has 0 saturated carbocycles. The molecule has 3 nitrogen and oxygen atoms in total. The topological polar surface area (TPSA) is 55.1 Å². The fourth-order valence-electron chi connectivity index (χ4n) is 1.29. The zero-order valence-electron chi connectivity index (χ0n) is 8.47. The Morgan fingerprint density at radius 2 is 2.07 bits per heavy atom. The van der Waals surface area contributed by atoms with Crippen molar-refractivity contribution in [3.05, 3.63) is 35.4 Å². The van der Waals surface area contributed by atoms with Crippen LogP contribution in [-0.2, 0) is 10.3 Å². The normalized spacial score (nSPS) is 14.7. The Balaban J connectivity index is 3.30. The van der Waals surface area contributed by atoms with Gasteiger partial charge in [0.15, 0.2) is 0 Å². The van der Waals surface area contributed by atoms with E-state index in [4.69, 9.17) is 5.73 Å². The zero-order chi connectivity index (χ0) is 11.6. The van der Waals surface area contributed by atoms with Gasteiger partial charge in [0.1, 0.15) is 17.2 Å². The van der Waals surface area contributed by atoms with Crippen molar-refractivity contribution in [2.24, 2.45) is 5.73 Å². The second-order valence-electron chi connectivity index (χ2n) is 3.36. The lowest BCUT2D eigenvalue weighted by molar-refractivity contribution is -0.124. The van der Waals surface area contributed by atoms with E-state index >= 15 is 0 Å². The molecule has 5 heteroatoms. The fourth-order valence-corrected chi connectivity index (χ4v) is 1.29. The number of likely N-dealkylation sites (N-methyl/N-ethyl adjacent to an activating group) is 1. The Bertz CT molecular complexity index is 395. The smallest absolute Gasteiger partial charge is 0.242 e. The minimum absolute atomic E-state index is 0.0268. The molecule has 0 radical (unpaired) electrons. The van der Waals surface area contributed by atoms with E-state index < -0.39 is 23.1 Å². The first-order chi connectivity index (χ1) is 6.91. The second kappa shape index (κ2) is 3.94. The maximum atomic E-state index is 13.4. The van der Waals surface area contributed by atoms with Crippen LogP contribution >= 0.6 is 0 Å². The molecule has 0 spiro atoms. The number of hydrogen-bond acceptors (Lipinski definition) is 2. The molecule has 0 aliphatic rings. The van der Waals surface area contributed by atoms with Crippen molar-refractivity contribution >= 4 is 5.91 Å². The van der Waals surface area contributed by atoms with E-state index in [9.17, 15) is 13.6 Å². The molecule has 1 amide bonds. The molecule has 1 rings (SSSR count). The van der Waals surface area contributed by atoms with Gasteiger partial charge in [-0.25, -0.2) is 8.78 Å². The van der Waals surface area contributed by atoms with Gasteiger partial charge in [0.2, 0.25) is 5.91 Å². The highest BCUT2D eigenvalue weighted by molar-refractivity contribution is 5.85. The maximum absolute atomic E-state index is 13.4. The Kier molecular flexibility index (Phi) is 3.04. The molecule has 0 aliphatic heterocycles. The van der Waals surface area contributed by atoms with Crippen LogP contribution in [0.3, 0.4) is 0 Å². The first-order valence-electron chi connectivity index (χ1n) is 4.36. The number of carbonyl (C=O) groups excluding carboxylic acids is 1. The lowest BCUT2D eigenvalue weighted by Crippen LogP contribution is -2.49. The quantitative estimate of drug-likeness (QED) is 0.785. The average Bonchev–Trinajstić information content (AvgIpc) is 2.16. The monoisotopic (exact) mass is 214 g/mol. The van der Waals surface area contributed by atoms with E-state index in [1.807, 2.05) is 0 Å². The first kappa shape index (κ1) is 11.6. The standard InChI is InChI=1S/C10H12F2N2O/c1-10(14-2,9(13)15)7-4-3-6(11)5-8(7)12/h3-5,14H,1-2H3,(H2,13,15). The van der Waals surface area contributed by atoms with Crippen LogP contribution in [0.15, 0.2) is 18.2 Å². The lowest BCUT2D eigenvalue weighted by Gasteiger charge is -2.26. The molecule has 0 aromatic heterocycles. The summed E-state index contributed by atoms with van der Waals surface area (Å²) in [6, 6.07) is 3.00. The Hall–Kier alpha value is -1.49. The van der Waals surface area contributed by atoms with Gasteiger partial charge < -0.3 is 11.1 Å². The number of carbonyl (C=O) groups is 1. The van der Waals surface area contributed by atoms with Crippen LogP contribution in [-0.4, -0.2) is 13.0 Å². The molecule has 1 aromatic carbocycles. The molecule has 0 saturated heterocycles. The van der Waals surface area contributed by atoms with Crippen molar-refractivity contribution in [3.63, 3.8) is 0 Å². The van der Waals surface area contributed by atoms with Gasteiger partial charge in [0.05, 0.1) is 0 Å². The number of hydrogen-bond donors (Lipinski definition) is 2. The molecule has 1 aromatic rings. The Labute approximate surface area is 86.3 Å². The van der Waals surface area contributed by atoms with Crippen molar-refractivity contribution in [2.75, 3.05) is 7.05 Å². The van der Waals surface area contributed by atoms with Crippen LogP contribution in [0, 0.1) is 11.6 Å². The largest absolute Gasteiger partial charge is 0.368 e. The number of nitrogens with two attached hydrogens (primary N) is 1. The van der Waals surface area contributed by atoms with Gasteiger partial charge >= 0.3 is 0 Å². The van der Waals surface area contributed by atoms with Crippen LogP contribution in [0.2, 0.25) is 0 Å². The first-order valence-corrected chi connectivity index (χ1v) is 4.36. The highest BCUT2D eigenvalue weighted by Gasteiger charge is 2.33. The molecule has 0 fully saturated rings. The van der Waals surface area contributed by atoms with Gasteiger partial charge in [-0.1, -0.05) is 6.07 Å². The molecule has 82 valence electrons. The summed E-state index contributed by atoms with van der Waals surface area (Å²) in [4.78, 5) is 11.2. The summed E-state index contributed by atoms with van der Waals surface area (Å²) >= 11 is 0. The Morgan fingerprint density at radius 3 is 2.47 bits per heavy atom. The summed E-state index contributed by atoms with van der Waals surface area (Å²) in [7, 11) is 1.48. The van der Waals surface area contributed by atoms with Crippen molar-refractivity contribution in [1.82, 2.24) is 5.32 Å². The van der Waals surface area contributed by atoms with Crippen molar-refractivity contribution in [3.8, 4) is 0 Å². The maximum Gasteiger partial charge on any atom is 0.242 e. The molecule has 0 aliphatic carbocycles. The van der Waals surface area contributed by atoms with Gasteiger partial charge in [-0.15, -0.1) is 0 Å². The molecule has 1 atom stereocenters. The third-order valence-electron chi connectivity index (χ3n) is 2.46. The van der Waals surface area contributed by atoms with Crippen LogP contribution in [0.4, 0.5) is 8.78 Å². The third kappa shape index (κ3) is 1.97. The van der Waals surface area contributed by atoms with Crippen LogP contribution in [0.25, 0.3) is 0 Å². The van der Waals surface area contributed by atoms with E-state index in [-0.39, 0.29) is 5.56 Å². The predicted octanol–water partition coefficient (Wildman–Crippen LogP) is 0.885. The molecular weight excluding hydrogens is 202 g/mol. The van der Waals surface area contributed by atoms with Gasteiger partial charge in [-0.2, -0.15) is 0 Å². The third-order valence-corrected chi connectivity index (χ3v) is 2.46. The van der Waals surface area contributed by atoms with E-state index in [0.29, 0.717) is 6.07 Å². The zero-order valence-corrected chi connectivity index (χ0v) is 8.47. The SMILES string of the molecule is CNC(C)(C(N)=O)c1ccc(F)cc1F. The number of rotatable bonds is 3. The van der Waals surface area contributed by atoms with Crippen molar-refractivity contribution < 1.29 is 13.6 Å². The van der Waals surface area contributed by atoms with E-state index in [2.05, 4.69) is 5.32 Å². The molecule has 1 unspecified atom stereocenters. The second-order valence-corrected chi connectivity index (χ2v) is 3.36. The summed E-state index contributed by atoms with van der Waals surface area (Å²) in [5.74, 6) is -2.22. The summed E-state index contributed by atoms with van der Waals surface area (Å²) in [5, 5.41) is 2.62. The summed E-state index contributed by atoms with van der Waals surface area (Å²) < 4.78 is 26.1. The number of nitrogens with one attached hydrogen (secondary N) is 1. The summed E-state index contributed by atoms with van der Waals surface area (Å²) in [6.45, 7) is 1.44. The van der Waals surface area contributed by atoms with Crippen LogP contribution < -0.4 is 11.1 Å². The molecule has 0 bridgehead atoms. The summed E-state index contributed by atoms with van der Waals surface area (Å²) in [5.41, 5.74) is 3.85. The minimum atomic E-state index is -1.34. The van der Waals surface area contributed by atoms with E-state index in [0.717, 1.165) is 6.07 Å². The molecule has 3 N–H and O–H groups in total. The highest BCUT2D eigenvalue weighted by atomic mass is 19.1. The van der Waals surface area contributed by atoms with Crippen LogP contribution in [0.1, 0.15) is 12.5 Å². The molecule has 0 heterocycles.